The molecule has 0 amide bonds. The average Bonchev–Trinajstić information content (AvgIpc) is 2.57. The minimum atomic E-state index is -0.908. The molecule has 0 atom stereocenters. The summed E-state index contributed by atoms with van der Waals surface area (Å²) in [4.78, 5) is 14.7. The normalized spacial score (nSPS) is 10.6. The van der Waals surface area contributed by atoms with Crippen LogP contribution in [0.15, 0.2) is 54.7 Å². The van der Waals surface area contributed by atoms with Gasteiger partial charge in [0.25, 0.3) is 5.88 Å². The quantitative estimate of drug-likeness (QED) is 0.613. The lowest BCUT2D eigenvalue weighted by Gasteiger charge is -2.10. The van der Waals surface area contributed by atoms with Gasteiger partial charge >= 0.3 is 5.97 Å². The number of rotatable bonds is 5. The van der Waals surface area contributed by atoms with Crippen molar-refractivity contribution in [3.8, 4) is 22.8 Å². The number of aliphatic carboxylic acids is 1. The van der Waals surface area contributed by atoms with Gasteiger partial charge < -0.3 is 9.84 Å². The lowest BCUT2D eigenvalue weighted by molar-refractivity contribution is -0.136. The van der Waals surface area contributed by atoms with E-state index in [1.807, 2.05) is 6.07 Å². The topological polar surface area (TPSA) is 59.4 Å². The number of hydrogen-bond donors (Lipinski definition) is 1. The van der Waals surface area contributed by atoms with Gasteiger partial charge in [-0.15, -0.1) is 0 Å². The zero-order valence-corrected chi connectivity index (χ0v) is 14.8. The van der Waals surface area contributed by atoms with Gasteiger partial charge in [0.15, 0.2) is 5.82 Å². The van der Waals surface area contributed by atoms with Crippen LogP contribution in [0.5, 0.6) is 11.6 Å². The first-order chi connectivity index (χ1) is 12.4. The molecule has 0 radical (unpaired) electrons. The van der Waals surface area contributed by atoms with Gasteiger partial charge in [0, 0.05) is 17.8 Å². The summed E-state index contributed by atoms with van der Waals surface area (Å²) >= 11 is 12.0. The number of carbonyl (C=O) groups is 1. The third-order valence-electron chi connectivity index (χ3n) is 3.52. The lowest BCUT2D eigenvalue weighted by atomic mass is 10.0. The van der Waals surface area contributed by atoms with Crippen LogP contribution in [0, 0.1) is 5.82 Å². The van der Waals surface area contributed by atoms with Crippen molar-refractivity contribution in [1.82, 2.24) is 4.98 Å². The predicted molar refractivity (Wildman–Crippen MR) is 97.5 cm³/mol. The number of benzene rings is 2. The Hall–Kier alpha value is -2.63. The fraction of sp³-hybridized carbons (Fsp3) is 0.0526. The Balaban J connectivity index is 1.87. The standard InChI is InChI=1S/C19H12Cl2FNO3/c20-13-8-17(22)19(23-10-13)26-14-4-5-15(16(21)9-14)12-3-1-2-11(6-12)7-18(24)25/h1-6,8-10H,7H2,(H,24,25). The van der Waals surface area contributed by atoms with E-state index in [0.29, 0.717) is 21.9 Å². The largest absolute Gasteiger partial charge is 0.481 e. The highest BCUT2D eigenvalue weighted by Crippen LogP contribution is 2.33. The number of pyridine rings is 1. The molecule has 0 spiro atoms. The van der Waals surface area contributed by atoms with E-state index in [4.69, 9.17) is 33.0 Å². The molecule has 0 aliphatic rings. The van der Waals surface area contributed by atoms with Crippen molar-refractivity contribution < 1.29 is 19.0 Å². The molecule has 132 valence electrons. The molecule has 0 aliphatic heterocycles. The van der Waals surface area contributed by atoms with Gasteiger partial charge in [-0.25, -0.2) is 9.37 Å². The minimum Gasteiger partial charge on any atom is -0.481 e. The van der Waals surface area contributed by atoms with Crippen molar-refractivity contribution in [2.75, 3.05) is 0 Å². The maximum Gasteiger partial charge on any atom is 0.307 e. The van der Waals surface area contributed by atoms with Crippen LogP contribution in [0.25, 0.3) is 11.1 Å². The van der Waals surface area contributed by atoms with Crippen LogP contribution < -0.4 is 4.74 Å². The Morgan fingerprint density at radius 1 is 1.15 bits per heavy atom. The van der Waals surface area contributed by atoms with Crippen LogP contribution in [0.1, 0.15) is 5.56 Å². The van der Waals surface area contributed by atoms with E-state index in [1.165, 1.54) is 12.3 Å². The number of carboxylic acids is 1. The van der Waals surface area contributed by atoms with E-state index in [9.17, 15) is 9.18 Å². The fourth-order valence-electron chi connectivity index (χ4n) is 2.41. The molecule has 0 fully saturated rings. The van der Waals surface area contributed by atoms with Crippen molar-refractivity contribution in [1.29, 1.82) is 0 Å². The average molecular weight is 392 g/mol. The molecule has 26 heavy (non-hydrogen) atoms. The molecular weight excluding hydrogens is 380 g/mol. The molecule has 1 heterocycles. The first-order valence-corrected chi connectivity index (χ1v) is 8.27. The van der Waals surface area contributed by atoms with Gasteiger partial charge in [-0.3, -0.25) is 4.79 Å². The smallest absolute Gasteiger partial charge is 0.307 e. The van der Waals surface area contributed by atoms with E-state index in [2.05, 4.69) is 4.98 Å². The monoisotopic (exact) mass is 391 g/mol. The first-order valence-electron chi connectivity index (χ1n) is 7.52. The molecule has 0 bridgehead atoms. The van der Waals surface area contributed by atoms with Crippen LogP contribution in [0.4, 0.5) is 4.39 Å². The summed E-state index contributed by atoms with van der Waals surface area (Å²) in [7, 11) is 0. The molecule has 1 N–H and O–H groups in total. The van der Waals surface area contributed by atoms with Gasteiger partial charge in [0.1, 0.15) is 5.75 Å². The van der Waals surface area contributed by atoms with Gasteiger partial charge in [-0.05, 0) is 29.3 Å². The van der Waals surface area contributed by atoms with E-state index < -0.39 is 11.8 Å². The summed E-state index contributed by atoms with van der Waals surface area (Å²) in [6, 6.07) is 13.1. The van der Waals surface area contributed by atoms with Gasteiger partial charge in [-0.2, -0.15) is 0 Å². The Labute approximate surface area is 158 Å². The molecule has 3 rings (SSSR count). The van der Waals surface area contributed by atoms with Crippen molar-refractivity contribution >= 4 is 29.2 Å². The second-order valence-electron chi connectivity index (χ2n) is 5.46. The molecule has 3 aromatic rings. The summed E-state index contributed by atoms with van der Waals surface area (Å²) in [5.41, 5.74) is 2.14. The van der Waals surface area contributed by atoms with Crippen LogP contribution in [0.2, 0.25) is 10.0 Å². The number of aromatic nitrogens is 1. The molecule has 7 heteroatoms. The summed E-state index contributed by atoms with van der Waals surface area (Å²) in [5, 5.41) is 9.46. The number of ether oxygens (including phenoxy) is 1. The maximum absolute atomic E-state index is 13.8. The second-order valence-corrected chi connectivity index (χ2v) is 6.30. The number of nitrogens with zero attached hydrogens (tertiary/aromatic N) is 1. The van der Waals surface area contributed by atoms with Crippen LogP contribution >= 0.6 is 23.2 Å². The number of halogens is 3. The van der Waals surface area contributed by atoms with Crippen LogP contribution in [-0.2, 0) is 11.2 Å². The van der Waals surface area contributed by atoms with E-state index in [-0.39, 0.29) is 17.3 Å². The third kappa shape index (κ3) is 4.31. The lowest BCUT2D eigenvalue weighted by Crippen LogP contribution is -1.99. The van der Waals surface area contributed by atoms with Gasteiger partial charge in [0.2, 0.25) is 0 Å². The summed E-state index contributed by atoms with van der Waals surface area (Å²) in [5.74, 6) is -1.48. The van der Waals surface area contributed by atoms with E-state index in [1.54, 1.807) is 30.3 Å². The second kappa shape index (κ2) is 7.72. The molecule has 0 saturated heterocycles. The van der Waals surface area contributed by atoms with Crippen molar-refractivity contribution in [3.05, 3.63) is 76.2 Å². The van der Waals surface area contributed by atoms with Crippen molar-refractivity contribution in [2.45, 2.75) is 6.42 Å². The molecular formula is C19H12Cl2FNO3. The molecule has 2 aromatic carbocycles. The minimum absolute atomic E-state index is 0.0752. The Kier molecular flexibility index (Phi) is 5.40. The van der Waals surface area contributed by atoms with Gasteiger partial charge in [0.05, 0.1) is 16.5 Å². The van der Waals surface area contributed by atoms with Gasteiger partial charge in [-0.1, -0.05) is 47.5 Å². The molecule has 0 aliphatic carbocycles. The maximum atomic E-state index is 13.8. The van der Waals surface area contributed by atoms with Crippen molar-refractivity contribution in [2.24, 2.45) is 0 Å². The SMILES string of the molecule is O=C(O)Cc1cccc(-c2ccc(Oc3ncc(Cl)cc3F)cc2Cl)c1. The summed E-state index contributed by atoms with van der Waals surface area (Å²) in [6.07, 6.45) is 1.21. The Morgan fingerprint density at radius 2 is 1.96 bits per heavy atom. The fourth-order valence-corrected chi connectivity index (χ4v) is 2.83. The highest BCUT2D eigenvalue weighted by molar-refractivity contribution is 6.33. The van der Waals surface area contributed by atoms with Crippen LogP contribution in [-0.4, -0.2) is 16.1 Å². The Morgan fingerprint density at radius 3 is 2.65 bits per heavy atom. The molecule has 4 nitrogen and oxygen atoms in total. The van der Waals surface area contributed by atoms with Crippen molar-refractivity contribution in [3.63, 3.8) is 0 Å². The number of hydrogen-bond acceptors (Lipinski definition) is 3. The zero-order chi connectivity index (χ0) is 18.7. The molecule has 1 aromatic heterocycles. The highest BCUT2D eigenvalue weighted by atomic mass is 35.5. The molecule has 0 saturated carbocycles. The summed E-state index contributed by atoms with van der Waals surface area (Å²) < 4.78 is 19.2. The molecule has 0 unspecified atom stereocenters. The summed E-state index contributed by atoms with van der Waals surface area (Å²) in [6.45, 7) is 0. The van der Waals surface area contributed by atoms with Crippen LogP contribution in [0.3, 0.4) is 0 Å². The first kappa shape index (κ1) is 18.2. The Bertz CT molecular complexity index is 979. The third-order valence-corrected chi connectivity index (χ3v) is 4.04. The highest BCUT2D eigenvalue weighted by Gasteiger charge is 2.11. The zero-order valence-electron chi connectivity index (χ0n) is 13.2. The van der Waals surface area contributed by atoms with E-state index >= 15 is 0 Å². The predicted octanol–water partition coefficient (Wildman–Crippen LogP) is 5.61. The number of carboxylic acid groups (broad SMARTS) is 1. The van der Waals surface area contributed by atoms with E-state index in [0.717, 1.165) is 11.6 Å².